The van der Waals surface area contributed by atoms with E-state index in [1.165, 1.54) is 0 Å². The minimum atomic E-state index is 0. The Morgan fingerprint density at radius 3 is 2.88 bits per heavy atom. The van der Waals surface area contributed by atoms with Crippen molar-refractivity contribution in [2.24, 2.45) is 4.99 Å². The number of nitrogens with one attached hydrogen (secondary N) is 2. The van der Waals surface area contributed by atoms with E-state index in [-0.39, 0.29) is 24.0 Å². The summed E-state index contributed by atoms with van der Waals surface area (Å²) >= 11 is 0. The molecule has 0 saturated carbocycles. The predicted molar refractivity (Wildman–Crippen MR) is 107 cm³/mol. The highest BCUT2D eigenvalue weighted by molar-refractivity contribution is 14.0. The Morgan fingerprint density at radius 1 is 1.38 bits per heavy atom. The second-order valence-corrected chi connectivity index (χ2v) is 5.56. The van der Waals surface area contributed by atoms with Crippen molar-refractivity contribution < 1.29 is 9.47 Å². The van der Waals surface area contributed by atoms with Crippen molar-refractivity contribution in [2.75, 3.05) is 26.3 Å². The molecule has 24 heavy (non-hydrogen) atoms. The fourth-order valence-electron chi connectivity index (χ4n) is 2.32. The highest BCUT2D eigenvalue weighted by atomic mass is 127. The molecule has 1 fully saturated rings. The van der Waals surface area contributed by atoms with Crippen LogP contribution in [0.3, 0.4) is 0 Å². The molecule has 0 aromatic carbocycles. The lowest BCUT2D eigenvalue weighted by Crippen LogP contribution is -2.41. The van der Waals surface area contributed by atoms with E-state index in [0.29, 0.717) is 25.1 Å². The molecule has 6 nitrogen and oxygen atoms in total. The number of hydrogen-bond acceptors (Lipinski definition) is 4. The van der Waals surface area contributed by atoms with E-state index in [4.69, 9.17) is 9.47 Å². The van der Waals surface area contributed by atoms with Crippen molar-refractivity contribution in [2.45, 2.75) is 45.8 Å². The summed E-state index contributed by atoms with van der Waals surface area (Å²) in [4.78, 5) is 8.89. The van der Waals surface area contributed by atoms with E-state index in [1.807, 2.05) is 18.3 Å². The van der Waals surface area contributed by atoms with E-state index >= 15 is 0 Å². The number of nitrogens with zero attached hydrogens (tertiary/aromatic N) is 2. The van der Waals surface area contributed by atoms with E-state index in [9.17, 15) is 0 Å². The first-order valence-electron chi connectivity index (χ1n) is 8.53. The number of aromatic nitrogens is 1. The molecule has 0 bridgehead atoms. The van der Waals surface area contributed by atoms with Gasteiger partial charge in [-0.15, -0.1) is 24.0 Å². The largest absolute Gasteiger partial charge is 0.478 e. The topological polar surface area (TPSA) is 67.8 Å². The van der Waals surface area contributed by atoms with Crippen molar-refractivity contribution in [1.29, 1.82) is 0 Å². The molecular weight excluding hydrogens is 419 g/mol. The molecule has 1 atom stereocenters. The van der Waals surface area contributed by atoms with Crippen LogP contribution in [0.25, 0.3) is 0 Å². The molecule has 0 spiro atoms. The maximum absolute atomic E-state index is 5.62. The highest BCUT2D eigenvalue weighted by Gasteiger charge is 2.15. The fraction of sp³-hybridized carbons (Fsp3) is 0.647. The molecular formula is C17H29IN4O2. The molecule has 0 amide bonds. The van der Waals surface area contributed by atoms with Gasteiger partial charge in [-0.3, -0.25) is 0 Å². The van der Waals surface area contributed by atoms with Crippen LogP contribution in [-0.2, 0) is 11.3 Å². The average Bonchev–Trinajstić information content (AvgIpc) is 3.10. The van der Waals surface area contributed by atoms with Crippen LogP contribution in [0.4, 0.5) is 0 Å². The third-order valence-corrected chi connectivity index (χ3v) is 3.54. The molecule has 1 aliphatic heterocycles. The van der Waals surface area contributed by atoms with Crippen LogP contribution < -0.4 is 15.4 Å². The first kappa shape index (κ1) is 21.0. The summed E-state index contributed by atoms with van der Waals surface area (Å²) in [7, 11) is 0. The van der Waals surface area contributed by atoms with E-state index < -0.39 is 0 Å². The van der Waals surface area contributed by atoms with Crippen LogP contribution in [-0.4, -0.2) is 43.4 Å². The van der Waals surface area contributed by atoms with E-state index in [0.717, 1.165) is 50.5 Å². The zero-order chi connectivity index (χ0) is 16.3. The van der Waals surface area contributed by atoms with Gasteiger partial charge in [0, 0.05) is 32.0 Å². The Labute approximate surface area is 161 Å². The number of halogens is 1. The first-order chi connectivity index (χ1) is 11.3. The highest BCUT2D eigenvalue weighted by Crippen LogP contribution is 2.11. The van der Waals surface area contributed by atoms with Gasteiger partial charge in [-0.1, -0.05) is 13.0 Å². The molecule has 2 N–H and O–H groups in total. The molecule has 0 radical (unpaired) electrons. The normalized spacial score (nSPS) is 17.2. The van der Waals surface area contributed by atoms with Gasteiger partial charge in [-0.25, -0.2) is 9.98 Å². The maximum Gasteiger partial charge on any atom is 0.213 e. The van der Waals surface area contributed by atoms with E-state index in [1.54, 1.807) is 0 Å². The van der Waals surface area contributed by atoms with Gasteiger partial charge in [0.25, 0.3) is 0 Å². The third kappa shape index (κ3) is 7.65. The lowest BCUT2D eigenvalue weighted by molar-refractivity contribution is 0.114. The Kier molecular flexibility index (Phi) is 10.7. The standard InChI is InChI=1S/C17H28N4O2.HI/c1-3-9-23-16-8-7-14(11-19-16)12-20-17(18-4-2)21-13-15-6-5-10-22-15;/h7-8,11,15H,3-6,9-10,12-13H2,1-2H3,(H2,18,20,21);1H. The van der Waals surface area contributed by atoms with Crippen LogP contribution in [0.1, 0.15) is 38.7 Å². The van der Waals surface area contributed by atoms with Crippen LogP contribution in [0, 0.1) is 0 Å². The number of hydrogen-bond donors (Lipinski definition) is 2. The number of aliphatic imine (C=N–C) groups is 1. The fourth-order valence-corrected chi connectivity index (χ4v) is 2.32. The summed E-state index contributed by atoms with van der Waals surface area (Å²) in [6.45, 7) is 7.93. The summed E-state index contributed by atoms with van der Waals surface area (Å²) in [6, 6.07) is 3.90. The molecule has 1 aromatic heterocycles. The SMILES string of the molecule is CCCOc1ccc(CN=C(NCC)NCC2CCCO2)cn1.I. The Bertz CT molecular complexity index is 476. The maximum atomic E-state index is 5.62. The lowest BCUT2D eigenvalue weighted by Gasteiger charge is -2.14. The minimum Gasteiger partial charge on any atom is -0.478 e. The molecule has 7 heteroatoms. The quantitative estimate of drug-likeness (QED) is 0.364. The molecule has 1 aromatic rings. The van der Waals surface area contributed by atoms with Gasteiger partial charge in [-0.05, 0) is 31.7 Å². The van der Waals surface area contributed by atoms with Gasteiger partial charge >= 0.3 is 0 Å². The second kappa shape index (κ2) is 12.3. The number of ether oxygens (including phenoxy) is 2. The number of pyridine rings is 1. The van der Waals surface area contributed by atoms with Gasteiger partial charge < -0.3 is 20.1 Å². The van der Waals surface area contributed by atoms with Crippen molar-refractivity contribution in [3.8, 4) is 5.88 Å². The predicted octanol–water partition coefficient (Wildman–Crippen LogP) is 2.72. The summed E-state index contributed by atoms with van der Waals surface area (Å²) in [6.07, 6.45) is 5.37. The lowest BCUT2D eigenvalue weighted by atomic mass is 10.2. The van der Waals surface area contributed by atoms with Gasteiger partial charge in [0.05, 0.1) is 19.3 Å². The number of rotatable bonds is 8. The third-order valence-electron chi connectivity index (χ3n) is 3.54. The smallest absolute Gasteiger partial charge is 0.213 e. The monoisotopic (exact) mass is 448 g/mol. The van der Waals surface area contributed by atoms with Crippen molar-refractivity contribution in [3.05, 3.63) is 23.9 Å². The second-order valence-electron chi connectivity index (χ2n) is 5.56. The number of guanidine groups is 1. The van der Waals surface area contributed by atoms with Crippen molar-refractivity contribution in [3.63, 3.8) is 0 Å². The van der Waals surface area contributed by atoms with Crippen LogP contribution in [0.15, 0.2) is 23.3 Å². The zero-order valence-electron chi connectivity index (χ0n) is 14.6. The molecule has 136 valence electrons. The Balaban J connectivity index is 0.00000288. The van der Waals surface area contributed by atoms with Crippen molar-refractivity contribution >= 4 is 29.9 Å². The Hall–Kier alpha value is -1.09. The van der Waals surface area contributed by atoms with Crippen LogP contribution in [0.5, 0.6) is 5.88 Å². The minimum absolute atomic E-state index is 0. The van der Waals surface area contributed by atoms with Gasteiger partial charge in [-0.2, -0.15) is 0 Å². The molecule has 0 aliphatic carbocycles. The average molecular weight is 448 g/mol. The molecule has 1 saturated heterocycles. The Morgan fingerprint density at radius 2 is 2.25 bits per heavy atom. The van der Waals surface area contributed by atoms with E-state index in [2.05, 4.69) is 34.5 Å². The molecule has 1 aliphatic rings. The molecule has 2 heterocycles. The summed E-state index contributed by atoms with van der Waals surface area (Å²) in [5.74, 6) is 1.48. The zero-order valence-corrected chi connectivity index (χ0v) is 16.9. The summed E-state index contributed by atoms with van der Waals surface area (Å²) in [5, 5.41) is 6.60. The van der Waals surface area contributed by atoms with Gasteiger partial charge in [0.1, 0.15) is 0 Å². The summed E-state index contributed by atoms with van der Waals surface area (Å²) in [5.41, 5.74) is 1.06. The van der Waals surface area contributed by atoms with Gasteiger partial charge in [0.2, 0.25) is 5.88 Å². The van der Waals surface area contributed by atoms with Crippen molar-refractivity contribution in [1.82, 2.24) is 15.6 Å². The summed E-state index contributed by atoms with van der Waals surface area (Å²) < 4.78 is 11.1. The molecule has 1 unspecified atom stereocenters. The first-order valence-corrected chi connectivity index (χ1v) is 8.53. The van der Waals surface area contributed by atoms with Gasteiger partial charge in [0.15, 0.2) is 5.96 Å². The molecule has 2 rings (SSSR count). The van der Waals surface area contributed by atoms with Crippen LogP contribution >= 0.6 is 24.0 Å². The van der Waals surface area contributed by atoms with Crippen LogP contribution in [0.2, 0.25) is 0 Å².